The summed E-state index contributed by atoms with van der Waals surface area (Å²) in [4.78, 5) is 26.3. The fourth-order valence-corrected chi connectivity index (χ4v) is 3.82. The van der Waals surface area contributed by atoms with Crippen molar-refractivity contribution in [3.8, 4) is 0 Å². The molecule has 1 N–H and O–H groups in total. The minimum Gasteiger partial charge on any atom is -0.456 e. The van der Waals surface area contributed by atoms with Gasteiger partial charge in [0.05, 0.1) is 12.7 Å². The summed E-state index contributed by atoms with van der Waals surface area (Å²) in [6, 6.07) is 13.1. The van der Waals surface area contributed by atoms with E-state index in [1.165, 1.54) is 17.7 Å². The number of hydrogen-bond donors (Lipinski definition) is 1. The SMILES string of the molecule is Cc1cc(=O)cc(C(=O)N[C@@H]2C[C@H]3CO[C@@H](c4ccccc4)CN3C2)o1. The van der Waals surface area contributed by atoms with E-state index in [0.717, 1.165) is 19.5 Å². The normalized spacial score (nSPS) is 25.7. The Kier molecular flexibility index (Phi) is 4.61. The Balaban J connectivity index is 1.39. The van der Waals surface area contributed by atoms with E-state index in [0.29, 0.717) is 18.4 Å². The summed E-state index contributed by atoms with van der Waals surface area (Å²) in [5, 5.41) is 2.99. The number of carbonyl (C=O) groups is 1. The molecule has 4 rings (SSSR count). The number of nitrogens with one attached hydrogen (secondary N) is 1. The number of nitrogens with zero attached hydrogens (tertiary/aromatic N) is 1. The zero-order valence-electron chi connectivity index (χ0n) is 14.7. The van der Waals surface area contributed by atoms with Crippen molar-refractivity contribution in [2.75, 3.05) is 19.7 Å². The van der Waals surface area contributed by atoms with Gasteiger partial charge < -0.3 is 14.5 Å². The summed E-state index contributed by atoms with van der Waals surface area (Å²) in [6.07, 6.45) is 0.903. The number of aryl methyl sites for hydroxylation is 1. The zero-order chi connectivity index (χ0) is 18.1. The highest BCUT2D eigenvalue weighted by atomic mass is 16.5. The molecule has 0 saturated carbocycles. The molecular formula is C20H22N2O4. The van der Waals surface area contributed by atoms with Crippen LogP contribution in [0.5, 0.6) is 0 Å². The molecule has 26 heavy (non-hydrogen) atoms. The van der Waals surface area contributed by atoms with Gasteiger partial charge in [0.1, 0.15) is 5.76 Å². The standard InChI is InChI=1S/C20H22N2O4/c1-13-7-17(23)9-18(26-13)20(24)21-15-8-16-12-25-19(11-22(16)10-15)14-5-3-2-4-6-14/h2-7,9,15-16,19H,8,10-12H2,1H3,(H,21,24)/t15-,16+,19-/m1/s1. The topological polar surface area (TPSA) is 71.8 Å². The molecule has 6 heteroatoms. The Labute approximate surface area is 151 Å². The Morgan fingerprint density at radius 2 is 2.00 bits per heavy atom. The lowest BCUT2D eigenvalue weighted by Crippen LogP contribution is -2.43. The average molecular weight is 354 g/mol. The van der Waals surface area contributed by atoms with Crippen LogP contribution in [0, 0.1) is 6.92 Å². The monoisotopic (exact) mass is 354 g/mol. The number of morpholine rings is 1. The first-order valence-electron chi connectivity index (χ1n) is 8.92. The van der Waals surface area contributed by atoms with Crippen LogP contribution in [0.2, 0.25) is 0 Å². The molecule has 6 nitrogen and oxygen atoms in total. The van der Waals surface area contributed by atoms with Crippen molar-refractivity contribution < 1.29 is 13.9 Å². The van der Waals surface area contributed by atoms with Gasteiger partial charge >= 0.3 is 0 Å². The van der Waals surface area contributed by atoms with Crippen molar-refractivity contribution in [2.24, 2.45) is 0 Å². The maximum Gasteiger partial charge on any atom is 0.287 e. The zero-order valence-corrected chi connectivity index (χ0v) is 14.7. The molecule has 2 saturated heterocycles. The molecule has 0 aliphatic carbocycles. The molecule has 3 heterocycles. The lowest BCUT2D eigenvalue weighted by atomic mass is 10.1. The van der Waals surface area contributed by atoms with E-state index in [9.17, 15) is 9.59 Å². The van der Waals surface area contributed by atoms with Crippen molar-refractivity contribution >= 4 is 5.91 Å². The van der Waals surface area contributed by atoms with Crippen LogP contribution >= 0.6 is 0 Å². The molecule has 0 unspecified atom stereocenters. The van der Waals surface area contributed by atoms with Crippen LogP contribution in [0.25, 0.3) is 0 Å². The Bertz CT molecular complexity index is 848. The Morgan fingerprint density at radius 3 is 2.77 bits per heavy atom. The second-order valence-electron chi connectivity index (χ2n) is 7.01. The highest BCUT2D eigenvalue weighted by Gasteiger charge is 2.38. The third-order valence-corrected chi connectivity index (χ3v) is 5.04. The molecule has 0 spiro atoms. The third-order valence-electron chi connectivity index (χ3n) is 5.04. The van der Waals surface area contributed by atoms with Crippen LogP contribution in [0.15, 0.2) is 51.7 Å². The predicted octanol–water partition coefficient (Wildman–Crippen LogP) is 1.89. The molecule has 2 aliphatic rings. The van der Waals surface area contributed by atoms with Crippen LogP contribution in [-0.4, -0.2) is 42.6 Å². The first kappa shape index (κ1) is 17.0. The molecule has 1 aromatic heterocycles. The van der Waals surface area contributed by atoms with Crippen molar-refractivity contribution in [3.05, 3.63) is 69.8 Å². The van der Waals surface area contributed by atoms with E-state index in [2.05, 4.69) is 22.3 Å². The van der Waals surface area contributed by atoms with Crippen LogP contribution in [0.3, 0.4) is 0 Å². The number of carbonyl (C=O) groups excluding carboxylic acids is 1. The summed E-state index contributed by atoms with van der Waals surface area (Å²) in [7, 11) is 0. The van der Waals surface area contributed by atoms with Gasteiger partial charge in [-0.3, -0.25) is 14.5 Å². The maximum absolute atomic E-state index is 12.4. The van der Waals surface area contributed by atoms with Crippen molar-refractivity contribution in [1.29, 1.82) is 0 Å². The molecule has 0 bridgehead atoms. The largest absolute Gasteiger partial charge is 0.456 e. The fraction of sp³-hybridized carbons (Fsp3) is 0.400. The van der Waals surface area contributed by atoms with Gasteiger partial charge in [0.25, 0.3) is 5.91 Å². The van der Waals surface area contributed by atoms with Gasteiger partial charge in [0, 0.05) is 37.3 Å². The van der Waals surface area contributed by atoms with Gasteiger partial charge in [-0.05, 0) is 18.9 Å². The van der Waals surface area contributed by atoms with E-state index in [4.69, 9.17) is 9.15 Å². The minimum absolute atomic E-state index is 0.0245. The van der Waals surface area contributed by atoms with E-state index in [1.807, 2.05) is 18.2 Å². The fourth-order valence-electron chi connectivity index (χ4n) is 3.82. The molecule has 2 aromatic rings. The van der Waals surface area contributed by atoms with E-state index >= 15 is 0 Å². The highest BCUT2D eigenvalue weighted by Crippen LogP contribution is 2.30. The number of amides is 1. The van der Waals surface area contributed by atoms with E-state index in [1.54, 1.807) is 6.92 Å². The van der Waals surface area contributed by atoms with Crippen molar-refractivity contribution in [1.82, 2.24) is 10.2 Å². The van der Waals surface area contributed by atoms with Crippen molar-refractivity contribution in [2.45, 2.75) is 31.5 Å². The Morgan fingerprint density at radius 1 is 1.19 bits per heavy atom. The van der Waals surface area contributed by atoms with Crippen LogP contribution in [-0.2, 0) is 4.74 Å². The summed E-state index contributed by atoms with van der Waals surface area (Å²) in [5.74, 6) is 0.167. The number of fused-ring (bicyclic) bond motifs is 1. The highest BCUT2D eigenvalue weighted by molar-refractivity contribution is 5.91. The molecule has 2 fully saturated rings. The Hall–Kier alpha value is -2.44. The molecular weight excluding hydrogens is 332 g/mol. The third kappa shape index (κ3) is 3.57. The first-order chi connectivity index (χ1) is 12.6. The quantitative estimate of drug-likeness (QED) is 0.911. The molecule has 1 amide bonds. The van der Waals surface area contributed by atoms with Gasteiger partial charge in [0.2, 0.25) is 0 Å². The van der Waals surface area contributed by atoms with E-state index in [-0.39, 0.29) is 29.2 Å². The van der Waals surface area contributed by atoms with Gasteiger partial charge in [-0.25, -0.2) is 0 Å². The average Bonchev–Trinajstić information content (AvgIpc) is 3.03. The van der Waals surface area contributed by atoms with Crippen LogP contribution in [0.1, 0.15) is 34.4 Å². The van der Waals surface area contributed by atoms with Gasteiger partial charge in [-0.1, -0.05) is 30.3 Å². The predicted molar refractivity (Wildman–Crippen MR) is 96.1 cm³/mol. The summed E-state index contributed by atoms with van der Waals surface area (Å²) in [6.45, 7) is 3.92. The van der Waals surface area contributed by atoms with Crippen LogP contribution < -0.4 is 10.7 Å². The number of hydrogen-bond acceptors (Lipinski definition) is 5. The van der Waals surface area contributed by atoms with Gasteiger partial charge in [-0.2, -0.15) is 0 Å². The minimum atomic E-state index is -0.337. The lowest BCUT2D eigenvalue weighted by Gasteiger charge is -2.35. The molecule has 2 aliphatic heterocycles. The summed E-state index contributed by atoms with van der Waals surface area (Å²) >= 11 is 0. The second kappa shape index (κ2) is 7.05. The molecule has 0 radical (unpaired) electrons. The van der Waals surface area contributed by atoms with Crippen LogP contribution in [0.4, 0.5) is 0 Å². The maximum atomic E-state index is 12.4. The molecule has 1 aromatic carbocycles. The van der Waals surface area contributed by atoms with Gasteiger partial charge in [-0.15, -0.1) is 0 Å². The molecule has 136 valence electrons. The number of ether oxygens (including phenoxy) is 1. The smallest absolute Gasteiger partial charge is 0.287 e. The number of rotatable bonds is 3. The van der Waals surface area contributed by atoms with Crippen molar-refractivity contribution in [3.63, 3.8) is 0 Å². The first-order valence-corrected chi connectivity index (χ1v) is 8.92. The number of benzene rings is 1. The summed E-state index contributed by atoms with van der Waals surface area (Å²) < 4.78 is 11.4. The summed E-state index contributed by atoms with van der Waals surface area (Å²) in [5.41, 5.74) is 0.960. The second-order valence-corrected chi connectivity index (χ2v) is 7.01. The lowest BCUT2D eigenvalue weighted by molar-refractivity contribution is -0.0502. The van der Waals surface area contributed by atoms with Gasteiger partial charge in [0.15, 0.2) is 11.2 Å². The van der Waals surface area contributed by atoms with E-state index < -0.39 is 0 Å². The molecule has 3 atom stereocenters.